The normalized spacial score (nSPS) is 15.2. The fraction of sp³-hybridized carbons (Fsp3) is 0.700. The zero-order chi connectivity index (χ0) is 31.7. The first-order valence-electron chi connectivity index (χ1n) is 9.62. The largest absolute Gasteiger partial charge is 2.00 e. The van der Waals surface area contributed by atoms with Gasteiger partial charge in [0.1, 0.15) is 0 Å². The Bertz CT molecular complexity index is 858. The van der Waals surface area contributed by atoms with Crippen molar-refractivity contribution in [3.63, 3.8) is 0 Å². The third-order valence-corrected chi connectivity index (χ3v) is 4.12. The second kappa shape index (κ2) is 12.8. The summed E-state index contributed by atoms with van der Waals surface area (Å²) in [6, 6.07) is 0. The summed E-state index contributed by atoms with van der Waals surface area (Å²) >= 11 is 0. The molecule has 19 heteroatoms. The van der Waals surface area contributed by atoms with Gasteiger partial charge in [0.2, 0.25) is 11.6 Å². The van der Waals surface area contributed by atoms with Crippen molar-refractivity contribution < 1.29 is 81.3 Å². The smallest absolute Gasteiger partial charge is 0.875 e. The number of allylic oxidation sites excluding steroid dienone is 4. The van der Waals surface area contributed by atoms with E-state index in [1.54, 1.807) is 0 Å². The van der Waals surface area contributed by atoms with E-state index in [4.69, 9.17) is 0 Å². The number of ketones is 2. The van der Waals surface area contributed by atoms with E-state index < -0.39 is 82.1 Å². The van der Waals surface area contributed by atoms with E-state index in [-0.39, 0.29) is 45.5 Å². The van der Waals surface area contributed by atoms with E-state index in [9.17, 15) is 81.3 Å². The molecule has 0 aliphatic heterocycles. The average Bonchev–Trinajstić information content (AvgIpc) is 2.64. The number of alkyl halides is 14. The van der Waals surface area contributed by atoms with Crippen molar-refractivity contribution in [1.82, 2.24) is 0 Å². The summed E-state index contributed by atoms with van der Waals surface area (Å²) in [7, 11) is 0. The van der Waals surface area contributed by atoms with Gasteiger partial charge in [-0.05, 0) is 23.0 Å². The fourth-order valence-corrected chi connectivity index (χ4v) is 1.52. The summed E-state index contributed by atoms with van der Waals surface area (Å²) in [6.45, 7) is 7.08. The van der Waals surface area contributed by atoms with Crippen LogP contribution in [0.3, 0.4) is 0 Å². The molecule has 0 fully saturated rings. The predicted molar refractivity (Wildman–Crippen MR) is 103 cm³/mol. The molecule has 0 aromatic carbocycles. The van der Waals surface area contributed by atoms with E-state index in [1.807, 2.05) is 0 Å². The number of rotatable bonds is 6. The van der Waals surface area contributed by atoms with Crippen molar-refractivity contribution in [2.45, 2.75) is 77.6 Å². The van der Waals surface area contributed by atoms with Gasteiger partial charge in [-0.1, -0.05) is 41.5 Å². The predicted octanol–water partition coefficient (Wildman–Crippen LogP) is 4.98. The van der Waals surface area contributed by atoms with Gasteiger partial charge in [-0.2, -0.15) is 61.5 Å². The summed E-state index contributed by atoms with van der Waals surface area (Å²) in [4.78, 5) is 21.6. The Balaban J connectivity index is -0.000000648. The zero-order valence-corrected chi connectivity index (χ0v) is 24.3. The van der Waals surface area contributed by atoms with E-state index in [1.165, 1.54) is 41.5 Å². The van der Waals surface area contributed by atoms with Crippen molar-refractivity contribution in [3.8, 4) is 0 Å². The monoisotopic (exact) mass is 678 g/mol. The van der Waals surface area contributed by atoms with E-state index in [0.717, 1.165) is 0 Å². The van der Waals surface area contributed by atoms with Crippen LogP contribution in [0.1, 0.15) is 41.5 Å². The van der Waals surface area contributed by atoms with Crippen LogP contribution in [0.5, 0.6) is 0 Å². The number of halogens is 14. The van der Waals surface area contributed by atoms with Crippen LogP contribution in [0, 0.1) is 10.8 Å². The number of carbonyl (C=O) groups is 2. The van der Waals surface area contributed by atoms with Crippen molar-refractivity contribution in [3.05, 3.63) is 23.7 Å². The van der Waals surface area contributed by atoms with E-state index in [2.05, 4.69) is 0 Å². The first-order chi connectivity index (χ1) is 16.1. The summed E-state index contributed by atoms with van der Waals surface area (Å²) in [5, 5.41) is 22.3. The summed E-state index contributed by atoms with van der Waals surface area (Å²) < 4.78 is 172. The van der Waals surface area contributed by atoms with Gasteiger partial charge in [-0.25, -0.2) is 0 Å². The maximum Gasteiger partial charge on any atom is 2.00 e. The average molecular weight is 678 g/mol. The minimum Gasteiger partial charge on any atom is -0.875 e. The molecule has 0 aromatic rings. The zero-order valence-electron chi connectivity index (χ0n) is 20.8. The quantitative estimate of drug-likeness (QED) is 0.172. The Morgan fingerprint density at radius 2 is 0.667 bits per heavy atom. The number of carbonyl (C=O) groups excluding carboxylic acids is 2. The molecule has 224 valence electrons. The molecule has 0 N–H and O–H groups in total. The fourth-order valence-electron chi connectivity index (χ4n) is 1.52. The molecule has 0 radical (unpaired) electrons. The van der Waals surface area contributed by atoms with Gasteiger partial charge in [0.25, 0.3) is 0 Å². The van der Waals surface area contributed by atoms with Gasteiger partial charge in [0, 0.05) is 0 Å². The molecule has 0 rings (SSSR count). The first kappa shape index (κ1) is 42.4. The van der Waals surface area contributed by atoms with Crippen LogP contribution in [-0.4, -0.2) is 93.1 Å². The molecule has 0 saturated heterocycles. The minimum absolute atomic E-state index is 0. The van der Waals surface area contributed by atoms with Crippen molar-refractivity contribution in [2.24, 2.45) is 10.8 Å². The standard InChI is InChI=1S/2C10H11F7O2.Sr/c2*1-7(2,3)5(18)4-6(19)8(11,12)9(13,14)10(15,16)17;/h2*4,18H,1-3H3;/q;;+2/p-2/b2*5-4-;. The molecular formula is C20H20F14O4Sr. The second-order valence-corrected chi connectivity index (χ2v) is 9.54. The van der Waals surface area contributed by atoms with E-state index in [0.29, 0.717) is 0 Å². The van der Waals surface area contributed by atoms with Gasteiger partial charge in [-0.15, -0.1) is 11.5 Å². The first-order valence-corrected chi connectivity index (χ1v) is 9.62. The van der Waals surface area contributed by atoms with Gasteiger partial charge in [0.15, 0.2) is 0 Å². The topological polar surface area (TPSA) is 80.3 Å². The Kier molecular flexibility index (Phi) is 14.0. The summed E-state index contributed by atoms with van der Waals surface area (Å²) in [6.07, 6.45) is -14.1. The SMILES string of the molecule is CC(C)(C)/C([O-])=C/C(=O)C(F)(F)C(F)(F)C(F)(F)F.CC(C)(C)/C([O-])=C/C(=O)C(F)(F)C(F)(F)C(F)(F)F.[Sr+2]. The molecular weight excluding hydrogens is 658 g/mol. The number of hydrogen-bond acceptors (Lipinski definition) is 4. The molecule has 0 amide bonds. The Morgan fingerprint density at radius 3 is 0.795 bits per heavy atom. The molecule has 39 heavy (non-hydrogen) atoms. The van der Waals surface area contributed by atoms with Gasteiger partial charge < -0.3 is 10.2 Å². The summed E-state index contributed by atoms with van der Waals surface area (Å²) in [5.74, 6) is -33.5. The second-order valence-electron chi connectivity index (χ2n) is 9.54. The molecule has 0 aliphatic rings. The molecule has 0 unspecified atom stereocenters. The van der Waals surface area contributed by atoms with Crippen LogP contribution in [0.15, 0.2) is 23.7 Å². The van der Waals surface area contributed by atoms with Gasteiger partial charge in [0.05, 0.1) is 0 Å². The molecule has 0 heterocycles. The van der Waals surface area contributed by atoms with Gasteiger partial charge >= 0.3 is 81.5 Å². The molecule has 0 atom stereocenters. The third-order valence-electron chi connectivity index (χ3n) is 4.12. The number of hydrogen-bond donors (Lipinski definition) is 0. The van der Waals surface area contributed by atoms with Crippen LogP contribution < -0.4 is 10.2 Å². The minimum atomic E-state index is -6.61. The molecule has 0 aromatic heterocycles. The Morgan fingerprint density at radius 1 is 0.487 bits per heavy atom. The molecule has 0 bridgehead atoms. The van der Waals surface area contributed by atoms with Crippen LogP contribution >= 0.6 is 0 Å². The van der Waals surface area contributed by atoms with Gasteiger partial charge in [-0.3, -0.25) is 9.59 Å². The van der Waals surface area contributed by atoms with Crippen molar-refractivity contribution in [1.29, 1.82) is 0 Å². The molecule has 0 aliphatic carbocycles. The molecule has 0 spiro atoms. The van der Waals surface area contributed by atoms with Crippen molar-refractivity contribution in [2.75, 3.05) is 0 Å². The third kappa shape index (κ3) is 10.1. The molecule has 4 nitrogen and oxygen atoms in total. The molecule has 0 saturated carbocycles. The maximum atomic E-state index is 12.8. The Labute approximate surface area is 249 Å². The van der Waals surface area contributed by atoms with Crippen LogP contribution in [0.4, 0.5) is 61.5 Å². The van der Waals surface area contributed by atoms with Crippen LogP contribution in [-0.2, 0) is 9.59 Å². The van der Waals surface area contributed by atoms with Crippen LogP contribution in [0.25, 0.3) is 0 Å². The van der Waals surface area contributed by atoms with E-state index >= 15 is 0 Å². The summed E-state index contributed by atoms with van der Waals surface area (Å²) in [5.41, 5.74) is -2.72. The van der Waals surface area contributed by atoms with Crippen LogP contribution in [0.2, 0.25) is 0 Å². The Hall–Kier alpha value is -1.08. The van der Waals surface area contributed by atoms with Crippen molar-refractivity contribution >= 4 is 57.0 Å². The maximum absolute atomic E-state index is 12.8.